The highest BCUT2D eigenvalue weighted by Gasteiger charge is 2.26. The van der Waals surface area contributed by atoms with Gasteiger partial charge in [-0.25, -0.2) is 22.8 Å². The maximum Gasteiger partial charge on any atom is 0.164 e. The lowest BCUT2D eigenvalue weighted by molar-refractivity contribution is 0.316. The number of fused-ring (bicyclic) bond motifs is 5. The van der Waals surface area contributed by atoms with Gasteiger partial charge in [-0.1, -0.05) is 72.8 Å². The summed E-state index contributed by atoms with van der Waals surface area (Å²) in [5, 5.41) is 29.4. The quantitative estimate of drug-likeness (QED) is 0.205. The molecule has 0 aliphatic carbocycles. The first-order chi connectivity index (χ1) is 20.5. The van der Waals surface area contributed by atoms with E-state index in [2.05, 4.69) is 10.3 Å². The summed E-state index contributed by atoms with van der Waals surface area (Å²) in [6, 6.07) is 28.2. The second-order valence-electron chi connectivity index (χ2n) is 9.52. The Morgan fingerprint density at radius 3 is 1.93 bits per heavy atom. The molecular formula is C33H14F3N5O. The Morgan fingerprint density at radius 2 is 1.24 bits per heavy atom. The molecule has 2 heterocycles. The van der Waals surface area contributed by atoms with E-state index in [1.165, 1.54) is 24.3 Å². The molecule has 0 spiro atoms. The molecule has 5 aromatic carbocycles. The SMILES string of the molecule is N#Cc1c(F)c(C#N)c(F)c(-c2ccc(-c3cc4c(-c5ccccc5)nc5ccccc5c4c4nonc34)cc2)c1F. The standard InChI is InChI=1S/C33H14F3N5O/c34-28-23(15-37)29(35)26(30(36)24(28)16-38)18-12-10-17(11-13-18)21-14-22-27(33-32(21)40-42-41-33)20-8-4-5-9-25(20)39-31(22)19-6-2-1-3-7-19/h1-14H. The fourth-order valence-corrected chi connectivity index (χ4v) is 5.33. The number of para-hydroxylation sites is 1. The smallest absolute Gasteiger partial charge is 0.164 e. The van der Waals surface area contributed by atoms with E-state index in [-0.39, 0.29) is 5.56 Å². The molecule has 0 atom stereocenters. The van der Waals surface area contributed by atoms with Gasteiger partial charge in [0, 0.05) is 27.3 Å². The number of nitriles is 2. The summed E-state index contributed by atoms with van der Waals surface area (Å²) in [5.41, 5.74) is 1.98. The van der Waals surface area contributed by atoms with Crippen molar-refractivity contribution in [3.63, 3.8) is 0 Å². The van der Waals surface area contributed by atoms with Gasteiger partial charge >= 0.3 is 0 Å². The first-order valence-electron chi connectivity index (χ1n) is 12.7. The minimum Gasteiger partial charge on any atom is -0.247 e. The Morgan fingerprint density at radius 1 is 0.619 bits per heavy atom. The van der Waals surface area contributed by atoms with Gasteiger partial charge in [-0.15, -0.1) is 0 Å². The monoisotopic (exact) mass is 553 g/mol. The molecule has 7 aromatic rings. The highest BCUT2D eigenvalue weighted by molar-refractivity contribution is 6.23. The van der Waals surface area contributed by atoms with Gasteiger partial charge in [-0.2, -0.15) is 10.5 Å². The van der Waals surface area contributed by atoms with Gasteiger partial charge in [0.15, 0.2) is 17.5 Å². The van der Waals surface area contributed by atoms with Crippen LogP contribution in [-0.4, -0.2) is 15.3 Å². The van der Waals surface area contributed by atoms with Crippen LogP contribution in [0.1, 0.15) is 11.1 Å². The van der Waals surface area contributed by atoms with E-state index >= 15 is 8.78 Å². The number of pyridine rings is 1. The summed E-state index contributed by atoms with van der Waals surface area (Å²) in [4.78, 5) is 4.97. The average molecular weight is 554 g/mol. The second kappa shape index (κ2) is 9.54. The Balaban J connectivity index is 1.48. The average Bonchev–Trinajstić information content (AvgIpc) is 3.51. The first-order valence-corrected chi connectivity index (χ1v) is 12.7. The largest absolute Gasteiger partial charge is 0.247 e. The fourth-order valence-electron chi connectivity index (χ4n) is 5.33. The van der Waals surface area contributed by atoms with Crippen LogP contribution in [0.3, 0.4) is 0 Å². The minimum atomic E-state index is -1.53. The van der Waals surface area contributed by atoms with Crippen molar-refractivity contribution in [2.45, 2.75) is 0 Å². The molecule has 0 aliphatic rings. The predicted octanol–water partition coefficient (Wildman–Crippen LogP) is 8.09. The van der Waals surface area contributed by atoms with E-state index in [0.717, 1.165) is 32.9 Å². The zero-order valence-electron chi connectivity index (χ0n) is 21.4. The fraction of sp³-hybridized carbons (Fsp3) is 0. The number of rotatable bonds is 3. The van der Waals surface area contributed by atoms with Crippen molar-refractivity contribution in [2.75, 3.05) is 0 Å². The van der Waals surface area contributed by atoms with Gasteiger partial charge in [-0.3, -0.25) is 0 Å². The molecule has 0 amide bonds. The maximum absolute atomic E-state index is 15.0. The topological polar surface area (TPSA) is 99.4 Å². The van der Waals surface area contributed by atoms with E-state index < -0.39 is 34.1 Å². The number of aromatic nitrogens is 3. The Bertz CT molecular complexity index is 2260. The van der Waals surface area contributed by atoms with Crippen LogP contribution in [0, 0.1) is 40.1 Å². The molecule has 42 heavy (non-hydrogen) atoms. The lowest BCUT2D eigenvalue weighted by Crippen LogP contribution is -2.03. The molecule has 0 N–H and O–H groups in total. The van der Waals surface area contributed by atoms with Crippen molar-refractivity contribution in [3.05, 3.63) is 114 Å². The van der Waals surface area contributed by atoms with Gasteiger partial charge in [0.25, 0.3) is 0 Å². The molecule has 0 radical (unpaired) electrons. The molecule has 6 nitrogen and oxygen atoms in total. The molecule has 0 saturated heterocycles. The van der Waals surface area contributed by atoms with Crippen LogP contribution in [0.4, 0.5) is 13.2 Å². The van der Waals surface area contributed by atoms with Gasteiger partial charge < -0.3 is 0 Å². The molecular weight excluding hydrogens is 539 g/mol. The van der Waals surface area contributed by atoms with Crippen molar-refractivity contribution >= 4 is 32.7 Å². The highest BCUT2D eigenvalue weighted by atomic mass is 19.1. The van der Waals surface area contributed by atoms with Crippen LogP contribution in [0.25, 0.3) is 66.2 Å². The third-order valence-corrected chi connectivity index (χ3v) is 7.27. The Hall–Kier alpha value is -6.06. The van der Waals surface area contributed by atoms with Crippen LogP contribution in [-0.2, 0) is 0 Å². The zero-order chi connectivity index (χ0) is 29.0. The van der Waals surface area contributed by atoms with Gasteiger partial charge in [0.1, 0.15) is 34.3 Å². The normalized spacial score (nSPS) is 11.2. The van der Waals surface area contributed by atoms with Crippen molar-refractivity contribution in [1.82, 2.24) is 15.3 Å². The lowest BCUT2D eigenvalue weighted by Gasteiger charge is -2.13. The maximum atomic E-state index is 15.0. The summed E-state index contributed by atoms with van der Waals surface area (Å²) < 4.78 is 49.6. The van der Waals surface area contributed by atoms with Crippen molar-refractivity contribution < 1.29 is 17.8 Å². The summed E-state index contributed by atoms with van der Waals surface area (Å²) >= 11 is 0. The Labute approximate surface area is 235 Å². The van der Waals surface area contributed by atoms with Crippen LogP contribution >= 0.6 is 0 Å². The van der Waals surface area contributed by atoms with Gasteiger partial charge in [0.2, 0.25) is 0 Å². The Kier molecular flexibility index (Phi) is 5.67. The third-order valence-electron chi connectivity index (χ3n) is 7.27. The van der Waals surface area contributed by atoms with Crippen molar-refractivity contribution in [3.8, 4) is 45.6 Å². The second-order valence-corrected chi connectivity index (χ2v) is 9.52. The molecule has 0 fully saturated rings. The van der Waals surface area contributed by atoms with E-state index in [9.17, 15) is 14.9 Å². The zero-order valence-corrected chi connectivity index (χ0v) is 21.4. The molecule has 2 aromatic heterocycles. The van der Waals surface area contributed by atoms with Crippen LogP contribution in [0.2, 0.25) is 0 Å². The number of nitrogens with zero attached hydrogens (tertiary/aromatic N) is 5. The van der Waals surface area contributed by atoms with E-state index in [1.807, 2.05) is 60.7 Å². The highest BCUT2D eigenvalue weighted by Crippen LogP contribution is 2.41. The van der Waals surface area contributed by atoms with Crippen molar-refractivity contribution in [2.24, 2.45) is 0 Å². The van der Waals surface area contributed by atoms with Crippen LogP contribution in [0.15, 0.2) is 89.6 Å². The summed E-state index contributed by atoms with van der Waals surface area (Å²) in [5.74, 6) is -4.28. The van der Waals surface area contributed by atoms with Gasteiger partial charge in [-0.05, 0) is 33.6 Å². The van der Waals surface area contributed by atoms with E-state index in [1.54, 1.807) is 12.1 Å². The summed E-state index contributed by atoms with van der Waals surface area (Å²) in [6.07, 6.45) is 0. The summed E-state index contributed by atoms with van der Waals surface area (Å²) in [6.45, 7) is 0. The predicted molar refractivity (Wildman–Crippen MR) is 150 cm³/mol. The molecule has 9 heteroatoms. The number of hydrogen-bond donors (Lipinski definition) is 0. The lowest BCUT2D eigenvalue weighted by atomic mass is 9.92. The molecule has 0 aliphatic heterocycles. The van der Waals surface area contributed by atoms with Crippen LogP contribution in [0.5, 0.6) is 0 Å². The molecule has 0 bridgehead atoms. The van der Waals surface area contributed by atoms with Gasteiger partial charge in [0.05, 0.1) is 16.8 Å². The molecule has 0 saturated carbocycles. The summed E-state index contributed by atoms with van der Waals surface area (Å²) in [7, 11) is 0. The molecule has 0 unspecified atom stereocenters. The number of hydrogen-bond acceptors (Lipinski definition) is 6. The van der Waals surface area contributed by atoms with Crippen LogP contribution < -0.4 is 0 Å². The molecule has 198 valence electrons. The van der Waals surface area contributed by atoms with E-state index in [4.69, 9.17) is 9.61 Å². The van der Waals surface area contributed by atoms with Crippen molar-refractivity contribution in [1.29, 1.82) is 10.5 Å². The third kappa shape index (κ3) is 3.61. The number of benzene rings is 5. The van der Waals surface area contributed by atoms with E-state index in [0.29, 0.717) is 22.2 Å². The minimum absolute atomic E-state index is 0.0229. The molecule has 7 rings (SSSR count). The number of halogens is 3. The first kappa shape index (κ1) is 24.9.